The molecular weight excluding hydrogens is 250 g/mol. The van der Waals surface area contributed by atoms with Gasteiger partial charge in [0.25, 0.3) is 0 Å². The van der Waals surface area contributed by atoms with E-state index in [1.165, 1.54) is 0 Å². The zero-order valence-electron chi connectivity index (χ0n) is 10.4. The minimum atomic E-state index is -0.569. The van der Waals surface area contributed by atoms with E-state index < -0.39 is 6.10 Å². The minimum absolute atomic E-state index is 0.195. The van der Waals surface area contributed by atoms with Crippen LogP contribution in [0.2, 0.25) is 5.02 Å². The Morgan fingerprint density at radius 1 is 1.44 bits per heavy atom. The zero-order valence-corrected chi connectivity index (χ0v) is 11.2. The molecule has 0 aliphatic heterocycles. The predicted octanol–water partition coefficient (Wildman–Crippen LogP) is 2.08. The third kappa shape index (κ3) is 5.92. The molecule has 0 saturated heterocycles. The summed E-state index contributed by atoms with van der Waals surface area (Å²) in [6.07, 6.45) is 5.27. The first kappa shape index (κ1) is 14.8. The first-order valence-electron chi connectivity index (χ1n) is 5.85. The highest BCUT2D eigenvalue weighted by molar-refractivity contribution is 6.30. The van der Waals surface area contributed by atoms with Gasteiger partial charge in [0.2, 0.25) is 0 Å². The van der Waals surface area contributed by atoms with Crippen LogP contribution in [-0.4, -0.2) is 30.4 Å². The van der Waals surface area contributed by atoms with E-state index in [0.29, 0.717) is 23.7 Å². The first-order chi connectivity index (χ1) is 8.61. The number of hydrogen-bond donors (Lipinski definition) is 2. The van der Waals surface area contributed by atoms with Gasteiger partial charge in [-0.05, 0) is 31.2 Å². The van der Waals surface area contributed by atoms with Gasteiger partial charge in [-0.25, -0.2) is 0 Å². The van der Waals surface area contributed by atoms with Crippen molar-refractivity contribution in [2.45, 2.75) is 25.5 Å². The zero-order chi connectivity index (χ0) is 13.4. The number of terminal acetylenes is 1. The van der Waals surface area contributed by atoms with Gasteiger partial charge in [-0.3, -0.25) is 0 Å². The third-order valence-corrected chi connectivity index (χ3v) is 2.63. The minimum Gasteiger partial charge on any atom is -0.491 e. The lowest BCUT2D eigenvalue weighted by molar-refractivity contribution is 0.104. The number of ether oxygens (including phenoxy) is 1. The molecule has 0 aromatic heterocycles. The fourth-order valence-corrected chi connectivity index (χ4v) is 1.49. The van der Waals surface area contributed by atoms with Gasteiger partial charge in [0.1, 0.15) is 18.5 Å². The van der Waals surface area contributed by atoms with Gasteiger partial charge in [0, 0.05) is 24.0 Å². The molecule has 0 amide bonds. The largest absolute Gasteiger partial charge is 0.491 e. The molecule has 1 aromatic carbocycles. The number of aliphatic hydroxyl groups excluding tert-OH is 1. The lowest BCUT2D eigenvalue weighted by Crippen LogP contribution is -2.36. The number of benzene rings is 1. The molecule has 18 heavy (non-hydrogen) atoms. The highest BCUT2D eigenvalue weighted by Gasteiger charge is 2.07. The van der Waals surface area contributed by atoms with Crippen LogP contribution in [0.25, 0.3) is 0 Å². The second-order valence-corrected chi connectivity index (χ2v) is 4.57. The van der Waals surface area contributed by atoms with Gasteiger partial charge in [0.15, 0.2) is 0 Å². The van der Waals surface area contributed by atoms with Crippen molar-refractivity contribution in [2.24, 2.45) is 0 Å². The van der Waals surface area contributed by atoms with Crippen molar-refractivity contribution in [2.75, 3.05) is 13.2 Å². The lowest BCUT2D eigenvalue weighted by atomic mass is 10.2. The summed E-state index contributed by atoms with van der Waals surface area (Å²) in [5.74, 6) is 3.26. The Hall–Kier alpha value is -1.21. The van der Waals surface area contributed by atoms with Gasteiger partial charge >= 0.3 is 0 Å². The number of nitrogens with one attached hydrogen (secondary N) is 1. The van der Waals surface area contributed by atoms with Gasteiger partial charge in [-0.15, -0.1) is 12.3 Å². The van der Waals surface area contributed by atoms with Crippen molar-refractivity contribution in [1.82, 2.24) is 5.32 Å². The summed E-state index contributed by atoms with van der Waals surface area (Å²) in [6.45, 7) is 2.67. The Bertz CT molecular complexity index is 386. The van der Waals surface area contributed by atoms with Crippen LogP contribution in [-0.2, 0) is 0 Å². The van der Waals surface area contributed by atoms with E-state index in [1.54, 1.807) is 24.3 Å². The molecule has 2 atom stereocenters. The maximum absolute atomic E-state index is 9.72. The van der Waals surface area contributed by atoms with Crippen LogP contribution in [0.4, 0.5) is 0 Å². The molecule has 4 heteroatoms. The smallest absolute Gasteiger partial charge is 0.119 e. The molecule has 0 bridgehead atoms. The van der Waals surface area contributed by atoms with Gasteiger partial charge in [-0.2, -0.15) is 0 Å². The molecule has 0 fully saturated rings. The molecule has 2 N–H and O–H groups in total. The van der Waals surface area contributed by atoms with E-state index in [-0.39, 0.29) is 12.6 Å². The molecule has 0 heterocycles. The summed E-state index contributed by atoms with van der Waals surface area (Å²) in [6, 6.07) is 7.22. The summed E-state index contributed by atoms with van der Waals surface area (Å²) in [5, 5.41) is 13.5. The van der Waals surface area contributed by atoms with Crippen LogP contribution >= 0.6 is 11.6 Å². The molecule has 3 nitrogen and oxygen atoms in total. The molecular formula is C14H18ClNO2. The Morgan fingerprint density at radius 2 is 2.11 bits per heavy atom. The van der Waals surface area contributed by atoms with E-state index in [1.807, 2.05) is 6.92 Å². The molecule has 1 rings (SSSR count). The summed E-state index contributed by atoms with van der Waals surface area (Å²) < 4.78 is 5.43. The number of hydrogen-bond acceptors (Lipinski definition) is 3. The van der Waals surface area contributed by atoms with Crippen molar-refractivity contribution < 1.29 is 9.84 Å². The Balaban J connectivity index is 2.23. The van der Waals surface area contributed by atoms with Gasteiger partial charge in [0.05, 0.1) is 0 Å². The van der Waals surface area contributed by atoms with Crippen LogP contribution in [0.1, 0.15) is 13.3 Å². The van der Waals surface area contributed by atoms with Crippen LogP contribution in [0.15, 0.2) is 24.3 Å². The average molecular weight is 268 g/mol. The Kier molecular flexibility index (Phi) is 6.59. The summed E-state index contributed by atoms with van der Waals surface area (Å²) in [5.41, 5.74) is 0. The molecule has 0 radical (unpaired) electrons. The quantitative estimate of drug-likeness (QED) is 0.744. The molecule has 2 unspecified atom stereocenters. The van der Waals surface area contributed by atoms with E-state index in [0.717, 1.165) is 0 Å². The van der Waals surface area contributed by atoms with Crippen molar-refractivity contribution in [3.63, 3.8) is 0 Å². The van der Waals surface area contributed by atoms with E-state index in [2.05, 4.69) is 11.2 Å². The average Bonchev–Trinajstić information content (AvgIpc) is 2.36. The summed E-state index contributed by atoms with van der Waals surface area (Å²) >= 11 is 5.76. The normalized spacial score (nSPS) is 13.7. The van der Waals surface area contributed by atoms with Crippen molar-refractivity contribution >= 4 is 11.6 Å². The van der Waals surface area contributed by atoms with Crippen LogP contribution in [0, 0.1) is 12.3 Å². The maximum atomic E-state index is 9.72. The molecule has 0 saturated carbocycles. The van der Waals surface area contributed by atoms with Crippen molar-refractivity contribution in [1.29, 1.82) is 0 Å². The van der Waals surface area contributed by atoms with E-state index in [9.17, 15) is 5.11 Å². The van der Waals surface area contributed by atoms with Crippen LogP contribution < -0.4 is 10.1 Å². The highest BCUT2D eigenvalue weighted by atomic mass is 35.5. The Labute approximate surface area is 113 Å². The monoisotopic (exact) mass is 267 g/mol. The summed E-state index contributed by atoms with van der Waals surface area (Å²) in [7, 11) is 0. The van der Waals surface area contributed by atoms with E-state index >= 15 is 0 Å². The first-order valence-corrected chi connectivity index (χ1v) is 6.23. The molecule has 0 aliphatic carbocycles. The third-order valence-electron chi connectivity index (χ3n) is 2.38. The highest BCUT2D eigenvalue weighted by Crippen LogP contribution is 2.15. The van der Waals surface area contributed by atoms with Crippen molar-refractivity contribution in [3.05, 3.63) is 29.3 Å². The number of aliphatic hydroxyl groups is 1. The van der Waals surface area contributed by atoms with Gasteiger partial charge in [-0.1, -0.05) is 11.6 Å². The molecule has 98 valence electrons. The van der Waals surface area contributed by atoms with Crippen LogP contribution in [0.5, 0.6) is 5.75 Å². The van der Waals surface area contributed by atoms with Crippen molar-refractivity contribution in [3.8, 4) is 18.1 Å². The SMILES string of the molecule is C#CCC(C)NCC(O)COc1ccc(Cl)cc1. The maximum Gasteiger partial charge on any atom is 0.119 e. The second kappa shape index (κ2) is 7.99. The lowest BCUT2D eigenvalue weighted by Gasteiger charge is -2.16. The summed E-state index contributed by atoms with van der Waals surface area (Å²) in [4.78, 5) is 0. The molecule has 0 aliphatic rings. The number of rotatable bonds is 7. The second-order valence-electron chi connectivity index (χ2n) is 4.14. The molecule has 0 spiro atoms. The topological polar surface area (TPSA) is 41.5 Å². The fourth-order valence-electron chi connectivity index (χ4n) is 1.37. The van der Waals surface area contributed by atoms with E-state index in [4.69, 9.17) is 22.8 Å². The van der Waals surface area contributed by atoms with Gasteiger partial charge < -0.3 is 15.2 Å². The Morgan fingerprint density at radius 3 is 2.72 bits per heavy atom. The fraction of sp³-hybridized carbons (Fsp3) is 0.429. The predicted molar refractivity (Wildman–Crippen MR) is 73.9 cm³/mol. The standard InChI is InChI=1S/C14H18ClNO2/c1-3-4-11(2)16-9-13(17)10-18-14-7-5-12(15)6-8-14/h1,5-8,11,13,16-17H,4,9-10H2,2H3. The van der Waals surface area contributed by atoms with Crippen LogP contribution in [0.3, 0.4) is 0 Å². The number of halogens is 1. The molecule has 1 aromatic rings.